The minimum atomic E-state index is -0.960. The Bertz CT molecular complexity index is 547. The normalized spacial score (nSPS) is 18.6. The summed E-state index contributed by atoms with van der Waals surface area (Å²) in [6, 6.07) is 6.65. The zero-order chi connectivity index (χ0) is 15.6. The number of carboxylic acids is 1. The summed E-state index contributed by atoms with van der Waals surface area (Å²) in [6.07, 6.45) is 1.37. The highest BCUT2D eigenvalue weighted by molar-refractivity contribution is 5.87. The number of hydrogen-bond donors (Lipinski definition) is 1. The summed E-state index contributed by atoms with van der Waals surface area (Å²) in [5, 5.41) is 9.07. The SMILES string of the molecule is CC(C)(C)OC(=O)N1CCC[C@@H]1c1cccc(C(=O)O)c1. The van der Waals surface area contributed by atoms with E-state index < -0.39 is 11.6 Å². The van der Waals surface area contributed by atoms with Gasteiger partial charge in [-0.3, -0.25) is 0 Å². The molecule has 0 spiro atoms. The van der Waals surface area contributed by atoms with Gasteiger partial charge in [-0.2, -0.15) is 0 Å². The van der Waals surface area contributed by atoms with Crippen LogP contribution in [0.3, 0.4) is 0 Å². The van der Waals surface area contributed by atoms with Crippen LogP contribution in [-0.2, 0) is 4.74 Å². The number of amides is 1. The minimum absolute atomic E-state index is 0.112. The highest BCUT2D eigenvalue weighted by Gasteiger charge is 2.33. The van der Waals surface area contributed by atoms with Crippen molar-refractivity contribution in [2.45, 2.75) is 45.3 Å². The highest BCUT2D eigenvalue weighted by atomic mass is 16.6. The Labute approximate surface area is 124 Å². The molecule has 0 aromatic heterocycles. The number of hydrogen-bond acceptors (Lipinski definition) is 3. The van der Waals surface area contributed by atoms with E-state index in [0.29, 0.717) is 6.54 Å². The second-order valence-electron chi connectivity index (χ2n) is 6.26. The first-order valence-corrected chi connectivity index (χ1v) is 7.11. The second-order valence-corrected chi connectivity index (χ2v) is 6.26. The van der Waals surface area contributed by atoms with Gasteiger partial charge < -0.3 is 14.7 Å². The van der Waals surface area contributed by atoms with Gasteiger partial charge in [0, 0.05) is 6.54 Å². The smallest absolute Gasteiger partial charge is 0.410 e. The van der Waals surface area contributed by atoms with Gasteiger partial charge in [0.15, 0.2) is 0 Å². The largest absolute Gasteiger partial charge is 0.478 e. The van der Waals surface area contributed by atoms with Crippen LogP contribution in [0.15, 0.2) is 24.3 Å². The van der Waals surface area contributed by atoms with Crippen LogP contribution in [0.4, 0.5) is 4.79 Å². The lowest BCUT2D eigenvalue weighted by Crippen LogP contribution is -2.36. The van der Waals surface area contributed by atoms with Gasteiger partial charge in [-0.15, -0.1) is 0 Å². The molecule has 1 aliphatic rings. The number of rotatable bonds is 2. The van der Waals surface area contributed by atoms with Crippen molar-refractivity contribution in [3.63, 3.8) is 0 Å². The van der Waals surface area contributed by atoms with Crippen LogP contribution >= 0.6 is 0 Å². The van der Waals surface area contributed by atoms with Crippen molar-refractivity contribution in [2.75, 3.05) is 6.54 Å². The Kier molecular flexibility index (Phi) is 4.21. The first kappa shape index (κ1) is 15.4. The van der Waals surface area contributed by atoms with Crippen LogP contribution in [0, 0.1) is 0 Å². The minimum Gasteiger partial charge on any atom is -0.478 e. The molecule has 1 heterocycles. The Morgan fingerprint density at radius 2 is 2.05 bits per heavy atom. The monoisotopic (exact) mass is 291 g/mol. The van der Waals surface area contributed by atoms with E-state index in [1.165, 1.54) is 0 Å². The maximum absolute atomic E-state index is 12.3. The number of carboxylic acid groups (broad SMARTS) is 1. The van der Waals surface area contributed by atoms with Gasteiger partial charge in [0.25, 0.3) is 0 Å². The molecule has 1 aromatic carbocycles. The lowest BCUT2D eigenvalue weighted by atomic mass is 10.0. The molecule has 1 aromatic rings. The molecule has 1 atom stereocenters. The van der Waals surface area contributed by atoms with Gasteiger partial charge in [-0.25, -0.2) is 9.59 Å². The molecule has 0 saturated carbocycles. The van der Waals surface area contributed by atoms with E-state index in [-0.39, 0.29) is 17.7 Å². The second kappa shape index (κ2) is 5.76. The molecule has 114 valence electrons. The van der Waals surface area contributed by atoms with E-state index in [9.17, 15) is 9.59 Å². The van der Waals surface area contributed by atoms with Crippen LogP contribution in [-0.4, -0.2) is 34.2 Å². The fourth-order valence-electron chi connectivity index (χ4n) is 2.53. The molecule has 5 nitrogen and oxygen atoms in total. The average molecular weight is 291 g/mol. The van der Waals surface area contributed by atoms with E-state index in [2.05, 4.69) is 0 Å². The maximum atomic E-state index is 12.3. The van der Waals surface area contributed by atoms with Crippen molar-refractivity contribution >= 4 is 12.1 Å². The summed E-state index contributed by atoms with van der Waals surface area (Å²) < 4.78 is 5.42. The number of carbonyl (C=O) groups is 2. The molecule has 1 amide bonds. The summed E-state index contributed by atoms with van der Waals surface area (Å²) in [7, 11) is 0. The highest BCUT2D eigenvalue weighted by Crippen LogP contribution is 2.33. The van der Waals surface area contributed by atoms with E-state index >= 15 is 0 Å². The van der Waals surface area contributed by atoms with Crippen LogP contribution in [0.1, 0.15) is 55.6 Å². The third kappa shape index (κ3) is 3.74. The zero-order valence-electron chi connectivity index (χ0n) is 12.6. The predicted molar refractivity (Wildman–Crippen MR) is 78.3 cm³/mol. The lowest BCUT2D eigenvalue weighted by Gasteiger charge is -2.29. The fourth-order valence-corrected chi connectivity index (χ4v) is 2.53. The van der Waals surface area contributed by atoms with Gasteiger partial charge in [-0.1, -0.05) is 12.1 Å². The zero-order valence-corrected chi connectivity index (χ0v) is 12.6. The molecule has 0 aliphatic carbocycles. The van der Waals surface area contributed by atoms with Crippen LogP contribution < -0.4 is 0 Å². The number of aromatic carboxylic acids is 1. The topological polar surface area (TPSA) is 66.8 Å². The number of ether oxygens (including phenoxy) is 1. The van der Waals surface area contributed by atoms with E-state index in [0.717, 1.165) is 18.4 Å². The molecule has 5 heteroatoms. The van der Waals surface area contributed by atoms with Crippen molar-refractivity contribution in [1.29, 1.82) is 0 Å². The Hall–Kier alpha value is -2.04. The van der Waals surface area contributed by atoms with Crippen LogP contribution in [0.25, 0.3) is 0 Å². The van der Waals surface area contributed by atoms with Gasteiger partial charge >= 0.3 is 12.1 Å². The summed E-state index contributed by atoms with van der Waals surface area (Å²) in [5.74, 6) is -0.960. The van der Waals surface area contributed by atoms with Crippen molar-refractivity contribution in [1.82, 2.24) is 4.90 Å². The molecule has 2 rings (SSSR count). The molecule has 0 radical (unpaired) electrons. The maximum Gasteiger partial charge on any atom is 0.410 e. The van der Waals surface area contributed by atoms with Crippen LogP contribution in [0.5, 0.6) is 0 Å². The quantitative estimate of drug-likeness (QED) is 0.906. The first-order chi connectivity index (χ1) is 9.78. The Morgan fingerprint density at radius 3 is 2.67 bits per heavy atom. The van der Waals surface area contributed by atoms with E-state index in [4.69, 9.17) is 9.84 Å². The average Bonchev–Trinajstić information content (AvgIpc) is 2.86. The number of carbonyl (C=O) groups excluding carboxylic acids is 1. The molecular formula is C16H21NO4. The number of nitrogens with zero attached hydrogens (tertiary/aromatic N) is 1. The predicted octanol–water partition coefficient (Wildman–Crippen LogP) is 3.46. The summed E-state index contributed by atoms with van der Waals surface area (Å²) >= 11 is 0. The van der Waals surface area contributed by atoms with Crippen LogP contribution in [0.2, 0.25) is 0 Å². The van der Waals surface area contributed by atoms with Gasteiger partial charge in [-0.05, 0) is 51.3 Å². The molecule has 0 bridgehead atoms. The summed E-state index contributed by atoms with van der Waals surface area (Å²) in [5.41, 5.74) is 0.550. The number of likely N-dealkylation sites (tertiary alicyclic amines) is 1. The fraction of sp³-hybridized carbons (Fsp3) is 0.500. The number of benzene rings is 1. The summed E-state index contributed by atoms with van der Waals surface area (Å²) in [6.45, 7) is 6.14. The van der Waals surface area contributed by atoms with Crippen molar-refractivity contribution in [2.24, 2.45) is 0 Å². The summed E-state index contributed by atoms with van der Waals surface area (Å²) in [4.78, 5) is 25.0. The molecule has 0 unspecified atom stereocenters. The first-order valence-electron chi connectivity index (χ1n) is 7.11. The molecule has 21 heavy (non-hydrogen) atoms. The van der Waals surface area contributed by atoms with Crippen molar-refractivity contribution in [3.8, 4) is 0 Å². The lowest BCUT2D eigenvalue weighted by molar-refractivity contribution is 0.0224. The van der Waals surface area contributed by atoms with E-state index in [1.54, 1.807) is 23.1 Å². The molecule has 1 saturated heterocycles. The van der Waals surface area contributed by atoms with Crippen molar-refractivity contribution < 1.29 is 19.4 Å². The van der Waals surface area contributed by atoms with Gasteiger partial charge in [0.05, 0.1) is 11.6 Å². The third-order valence-corrected chi connectivity index (χ3v) is 3.40. The standard InChI is InChI=1S/C16H21NO4/c1-16(2,3)21-15(20)17-9-5-8-13(17)11-6-4-7-12(10-11)14(18)19/h4,6-7,10,13H,5,8-9H2,1-3H3,(H,18,19)/t13-/m1/s1. The molecule has 1 N–H and O–H groups in total. The van der Waals surface area contributed by atoms with Gasteiger partial charge in [0.2, 0.25) is 0 Å². The Morgan fingerprint density at radius 1 is 1.33 bits per heavy atom. The van der Waals surface area contributed by atoms with Gasteiger partial charge in [0.1, 0.15) is 5.60 Å². The third-order valence-electron chi connectivity index (χ3n) is 3.40. The van der Waals surface area contributed by atoms with Crippen molar-refractivity contribution in [3.05, 3.63) is 35.4 Å². The molecule has 1 aliphatic heterocycles. The van der Waals surface area contributed by atoms with E-state index in [1.807, 2.05) is 26.8 Å². The Balaban J connectivity index is 2.20. The molecular weight excluding hydrogens is 270 g/mol. The molecule has 1 fully saturated rings.